The van der Waals surface area contributed by atoms with Crippen LogP contribution in [0.1, 0.15) is 35.8 Å². The summed E-state index contributed by atoms with van der Waals surface area (Å²) >= 11 is 0. The number of nitrogen functional groups attached to an aromatic ring is 1. The number of nitriles is 1. The molecule has 184 valence electrons. The van der Waals surface area contributed by atoms with Crippen LogP contribution in [-0.2, 0) is 18.4 Å². The Balaban J connectivity index is 1.32. The molecule has 0 atom stereocenters. The molecule has 2 aromatic carbocycles. The van der Waals surface area contributed by atoms with Gasteiger partial charge in [-0.2, -0.15) is 10.4 Å². The first-order valence-electron chi connectivity index (χ1n) is 11.5. The number of aromatic nitrogens is 4. The van der Waals surface area contributed by atoms with Crippen LogP contribution in [0.2, 0.25) is 0 Å². The molecule has 9 nitrogen and oxygen atoms in total. The Morgan fingerprint density at radius 2 is 1.89 bits per heavy atom. The number of ether oxygens (including phenoxy) is 3. The maximum Gasteiger partial charge on any atom is 0.167 e. The minimum absolute atomic E-state index is 0.164. The lowest BCUT2D eigenvalue weighted by Gasteiger charge is -2.20. The van der Waals surface area contributed by atoms with Gasteiger partial charge in [-0.25, -0.2) is 14.1 Å². The standard InChI is InChI=1S/C26H25FN6O3/c1-32-16-30-14-20(32)15-35-22-10-18(27)11-23(12-22)36-21-4-2-19(3-5-21)33-24(13-28)25(29)26(31-33)17-6-8-34-9-7-17/h2-5,10-12,14,16-17H,6-9,15,29H2,1H3. The topological polar surface area (TPSA) is 113 Å². The molecule has 0 aliphatic carbocycles. The van der Waals surface area contributed by atoms with Gasteiger partial charge >= 0.3 is 0 Å². The number of imidazole rings is 1. The van der Waals surface area contributed by atoms with Crippen LogP contribution in [0.15, 0.2) is 55.0 Å². The van der Waals surface area contributed by atoms with Gasteiger partial charge in [0.15, 0.2) is 5.69 Å². The van der Waals surface area contributed by atoms with Gasteiger partial charge in [0, 0.05) is 44.4 Å². The summed E-state index contributed by atoms with van der Waals surface area (Å²) in [6.45, 7) is 1.56. The molecule has 10 heteroatoms. The molecule has 0 spiro atoms. The molecule has 2 N–H and O–H groups in total. The van der Waals surface area contributed by atoms with E-state index < -0.39 is 5.82 Å². The van der Waals surface area contributed by atoms with Crippen molar-refractivity contribution in [3.8, 4) is 29.0 Å². The molecule has 1 saturated heterocycles. The Kier molecular flexibility index (Phi) is 6.56. The SMILES string of the molecule is Cn1cncc1COc1cc(F)cc(Oc2ccc(-n3nc(C4CCOCC4)c(N)c3C#N)cc2)c1. The van der Waals surface area contributed by atoms with Crippen LogP contribution in [0, 0.1) is 17.1 Å². The van der Waals surface area contributed by atoms with Crippen LogP contribution in [0.3, 0.4) is 0 Å². The van der Waals surface area contributed by atoms with Gasteiger partial charge in [0.1, 0.15) is 35.7 Å². The molecule has 0 bridgehead atoms. The van der Waals surface area contributed by atoms with Gasteiger partial charge in [-0.1, -0.05) is 0 Å². The summed E-state index contributed by atoms with van der Waals surface area (Å²) in [5, 5.41) is 14.4. The van der Waals surface area contributed by atoms with Crippen molar-refractivity contribution in [1.29, 1.82) is 5.26 Å². The fourth-order valence-corrected chi connectivity index (χ4v) is 4.17. The van der Waals surface area contributed by atoms with E-state index in [-0.39, 0.29) is 12.5 Å². The Hall–Kier alpha value is -4.36. The van der Waals surface area contributed by atoms with Gasteiger partial charge in [0.25, 0.3) is 0 Å². The molecule has 0 saturated carbocycles. The minimum atomic E-state index is -0.476. The quantitative estimate of drug-likeness (QED) is 0.408. The van der Waals surface area contributed by atoms with E-state index in [1.807, 2.05) is 11.6 Å². The van der Waals surface area contributed by atoms with Gasteiger partial charge in [-0.15, -0.1) is 0 Å². The predicted molar refractivity (Wildman–Crippen MR) is 129 cm³/mol. The number of hydrogen-bond donors (Lipinski definition) is 1. The van der Waals surface area contributed by atoms with Crippen LogP contribution in [-0.4, -0.2) is 32.5 Å². The van der Waals surface area contributed by atoms with E-state index >= 15 is 0 Å². The zero-order chi connectivity index (χ0) is 25.1. The first-order chi connectivity index (χ1) is 17.5. The molecule has 0 radical (unpaired) electrons. The van der Waals surface area contributed by atoms with Crippen molar-refractivity contribution in [1.82, 2.24) is 19.3 Å². The molecule has 1 aliphatic rings. The van der Waals surface area contributed by atoms with E-state index in [2.05, 4.69) is 16.2 Å². The normalized spacial score (nSPS) is 13.9. The first kappa shape index (κ1) is 23.4. The largest absolute Gasteiger partial charge is 0.487 e. The number of benzene rings is 2. The van der Waals surface area contributed by atoms with Gasteiger partial charge in [0.2, 0.25) is 0 Å². The van der Waals surface area contributed by atoms with Gasteiger partial charge in [-0.3, -0.25) is 0 Å². The van der Waals surface area contributed by atoms with Crippen molar-refractivity contribution < 1.29 is 18.6 Å². The monoisotopic (exact) mass is 488 g/mol. The third-order valence-electron chi connectivity index (χ3n) is 6.13. The number of nitrogens with zero attached hydrogens (tertiary/aromatic N) is 5. The second kappa shape index (κ2) is 10.1. The Morgan fingerprint density at radius 1 is 1.14 bits per heavy atom. The molecule has 0 unspecified atom stereocenters. The van der Waals surface area contributed by atoms with Crippen molar-refractivity contribution in [2.75, 3.05) is 18.9 Å². The van der Waals surface area contributed by atoms with Crippen LogP contribution in [0.4, 0.5) is 10.1 Å². The lowest BCUT2D eigenvalue weighted by Crippen LogP contribution is -2.15. The number of halogens is 1. The van der Waals surface area contributed by atoms with E-state index in [0.29, 0.717) is 47.5 Å². The zero-order valence-electron chi connectivity index (χ0n) is 19.7. The molecule has 0 amide bonds. The fourth-order valence-electron chi connectivity index (χ4n) is 4.17. The zero-order valence-corrected chi connectivity index (χ0v) is 19.7. The molecule has 3 heterocycles. The summed E-state index contributed by atoms with van der Waals surface area (Å²) in [4.78, 5) is 4.04. The predicted octanol–water partition coefficient (Wildman–Crippen LogP) is 4.46. The second-order valence-electron chi connectivity index (χ2n) is 8.56. The van der Waals surface area contributed by atoms with Crippen LogP contribution < -0.4 is 15.2 Å². The van der Waals surface area contributed by atoms with E-state index in [9.17, 15) is 9.65 Å². The Morgan fingerprint density at radius 3 is 2.58 bits per heavy atom. The van der Waals surface area contributed by atoms with Crippen LogP contribution >= 0.6 is 0 Å². The summed E-state index contributed by atoms with van der Waals surface area (Å²) in [5.41, 5.74) is 9.24. The third-order valence-corrected chi connectivity index (χ3v) is 6.13. The molecule has 1 aliphatic heterocycles. The van der Waals surface area contributed by atoms with E-state index in [1.165, 1.54) is 12.1 Å². The van der Waals surface area contributed by atoms with Crippen molar-refractivity contribution in [3.05, 3.63) is 77.9 Å². The molecule has 5 rings (SSSR count). The van der Waals surface area contributed by atoms with E-state index in [0.717, 1.165) is 24.2 Å². The van der Waals surface area contributed by atoms with Gasteiger partial charge in [-0.05, 0) is 37.1 Å². The average Bonchev–Trinajstić information content (AvgIpc) is 3.45. The number of hydrogen-bond acceptors (Lipinski definition) is 7. The molecule has 4 aromatic rings. The van der Waals surface area contributed by atoms with Crippen molar-refractivity contribution >= 4 is 5.69 Å². The Bertz CT molecular complexity index is 1400. The highest BCUT2D eigenvalue weighted by molar-refractivity contribution is 5.58. The lowest BCUT2D eigenvalue weighted by atomic mass is 9.95. The van der Waals surface area contributed by atoms with Gasteiger partial charge in [0.05, 0.1) is 35.3 Å². The lowest BCUT2D eigenvalue weighted by molar-refractivity contribution is 0.0845. The van der Waals surface area contributed by atoms with Gasteiger partial charge < -0.3 is 24.5 Å². The fraction of sp³-hybridized carbons (Fsp3) is 0.269. The maximum atomic E-state index is 14.2. The van der Waals surface area contributed by atoms with Crippen molar-refractivity contribution in [2.45, 2.75) is 25.4 Å². The maximum absolute atomic E-state index is 14.2. The van der Waals surface area contributed by atoms with E-state index in [1.54, 1.807) is 47.5 Å². The highest BCUT2D eigenvalue weighted by Crippen LogP contribution is 2.33. The smallest absolute Gasteiger partial charge is 0.167 e. The summed E-state index contributed by atoms with van der Waals surface area (Å²) in [7, 11) is 1.86. The molecule has 1 fully saturated rings. The van der Waals surface area contributed by atoms with Crippen molar-refractivity contribution in [3.63, 3.8) is 0 Å². The summed E-state index contributed by atoms with van der Waals surface area (Å²) in [6, 6.07) is 13.4. The number of anilines is 1. The Labute approximate surface area is 207 Å². The second-order valence-corrected chi connectivity index (χ2v) is 8.56. The average molecular weight is 489 g/mol. The van der Waals surface area contributed by atoms with E-state index in [4.69, 9.17) is 19.9 Å². The number of rotatable bonds is 7. The highest BCUT2D eigenvalue weighted by atomic mass is 19.1. The molecule has 36 heavy (non-hydrogen) atoms. The number of nitrogens with two attached hydrogens (primary N) is 1. The summed E-state index contributed by atoms with van der Waals surface area (Å²) in [5.74, 6) is 0.817. The summed E-state index contributed by atoms with van der Waals surface area (Å²) in [6.07, 6.45) is 5.00. The highest BCUT2D eigenvalue weighted by Gasteiger charge is 2.25. The van der Waals surface area contributed by atoms with Crippen LogP contribution in [0.5, 0.6) is 17.2 Å². The molecule has 2 aromatic heterocycles. The molecular weight excluding hydrogens is 463 g/mol. The molecular formula is C26H25FN6O3. The minimum Gasteiger partial charge on any atom is -0.487 e. The van der Waals surface area contributed by atoms with Crippen LogP contribution in [0.25, 0.3) is 5.69 Å². The number of aryl methyl sites for hydroxylation is 1. The summed E-state index contributed by atoms with van der Waals surface area (Å²) < 4.78 is 34.6. The third kappa shape index (κ3) is 4.87. The van der Waals surface area contributed by atoms with Crippen molar-refractivity contribution in [2.24, 2.45) is 7.05 Å². The first-order valence-corrected chi connectivity index (χ1v) is 11.5.